The molecule has 88 heavy (non-hydrogen) atoms. The third-order valence-corrected chi connectivity index (χ3v) is 18.6. The Balaban J connectivity index is 3.93. The minimum Gasteiger partial charge on any atom is -0.756 e. The van der Waals surface area contributed by atoms with Crippen LogP contribution in [0.1, 0.15) is 399 Å². The van der Waals surface area contributed by atoms with Gasteiger partial charge in [-0.25, -0.2) is 0 Å². The molecule has 520 valence electrons. The monoisotopic (exact) mass is 1260 g/mol. The lowest BCUT2D eigenvalue weighted by Gasteiger charge is -2.28. The van der Waals surface area contributed by atoms with Crippen molar-refractivity contribution in [3.8, 4) is 0 Å². The van der Waals surface area contributed by atoms with Crippen LogP contribution in [0, 0.1) is 0 Å². The Bertz CT molecular complexity index is 1580. The number of esters is 2. The lowest BCUT2D eigenvalue weighted by Crippen LogP contribution is -2.37. The topological polar surface area (TPSA) is 111 Å². The van der Waals surface area contributed by atoms with Gasteiger partial charge in [0.05, 0.1) is 27.7 Å². The standard InChI is InChI=1S/C78H150NO8P/c1-6-8-10-12-14-16-18-20-22-24-26-28-30-32-34-36-38-39-41-42-44-46-48-50-52-54-56-58-60-62-64-66-68-70-77(80)84-74-76(75-86-88(82,83)85-73-72-79(3,4)5)87-78(81)71-69-67-65-63-61-59-57-55-53-51-49-47-45-43-40-37-35-33-31-29-27-25-23-21-19-17-15-13-11-9-7-2/h19,21,24-27,76H,6-18,20,22-23,28-75H2,1-5H3/b21-19-,26-24-,27-25-. The molecule has 2 unspecified atom stereocenters. The maximum atomic E-state index is 12.9. The summed E-state index contributed by atoms with van der Waals surface area (Å²) in [5.41, 5.74) is 0. The highest BCUT2D eigenvalue weighted by Crippen LogP contribution is 2.38. The van der Waals surface area contributed by atoms with Crippen molar-refractivity contribution in [2.24, 2.45) is 0 Å². The van der Waals surface area contributed by atoms with Crippen LogP contribution in [0.25, 0.3) is 0 Å². The van der Waals surface area contributed by atoms with Gasteiger partial charge in [0.15, 0.2) is 6.10 Å². The van der Waals surface area contributed by atoms with E-state index in [1.165, 1.54) is 327 Å². The van der Waals surface area contributed by atoms with Gasteiger partial charge in [0.1, 0.15) is 19.8 Å². The SMILES string of the molecule is CCCCCCC/C=C\C/C=C\CCCCCCCCCCCCCCCCCCCCCC(=O)OC(COC(=O)CCCCCCCCCCCCCCCCCCCCCCC/C=C\CCCCCCCCCC)COP(=O)([O-])OCC[N+](C)(C)C. The number of nitrogens with zero attached hydrogens (tertiary/aromatic N) is 1. The van der Waals surface area contributed by atoms with Gasteiger partial charge in [-0.2, -0.15) is 0 Å². The van der Waals surface area contributed by atoms with Crippen molar-refractivity contribution in [3.63, 3.8) is 0 Å². The van der Waals surface area contributed by atoms with Gasteiger partial charge < -0.3 is 27.9 Å². The van der Waals surface area contributed by atoms with E-state index in [9.17, 15) is 19.0 Å². The molecular formula is C78H150NO8P. The van der Waals surface area contributed by atoms with Crippen LogP contribution in [0.3, 0.4) is 0 Å². The maximum Gasteiger partial charge on any atom is 0.306 e. The number of carbonyl (C=O) groups is 2. The van der Waals surface area contributed by atoms with E-state index in [-0.39, 0.29) is 32.0 Å². The summed E-state index contributed by atoms with van der Waals surface area (Å²) in [4.78, 5) is 38.1. The van der Waals surface area contributed by atoms with Crippen LogP contribution in [0.2, 0.25) is 0 Å². The number of ether oxygens (including phenoxy) is 2. The van der Waals surface area contributed by atoms with Crippen molar-refractivity contribution in [3.05, 3.63) is 36.5 Å². The molecule has 0 aromatic heterocycles. The van der Waals surface area contributed by atoms with Crippen molar-refractivity contribution in [2.75, 3.05) is 47.5 Å². The second kappa shape index (κ2) is 69.6. The molecule has 0 amide bonds. The van der Waals surface area contributed by atoms with E-state index in [4.69, 9.17) is 18.5 Å². The van der Waals surface area contributed by atoms with Crippen LogP contribution in [-0.2, 0) is 32.7 Å². The average Bonchev–Trinajstić information content (AvgIpc) is 3.68. The molecule has 0 aliphatic rings. The Morgan fingerprint density at radius 1 is 0.352 bits per heavy atom. The molecule has 0 saturated heterocycles. The number of phosphoric ester groups is 1. The lowest BCUT2D eigenvalue weighted by molar-refractivity contribution is -0.870. The van der Waals surface area contributed by atoms with Crippen molar-refractivity contribution in [1.82, 2.24) is 0 Å². The van der Waals surface area contributed by atoms with Gasteiger partial charge in [-0.1, -0.05) is 352 Å². The molecule has 0 heterocycles. The number of phosphoric acid groups is 1. The van der Waals surface area contributed by atoms with E-state index in [0.717, 1.165) is 38.5 Å². The van der Waals surface area contributed by atoms with Crippen molar-refractivity contribution >= 4 is 19.8 Å². The minimum absolute atomic E-state index is 0.0275. The number of likely N-dealkylation sites (N-methyl/N-ethyl adjacent to an activating group) is 1. The fourth-order valence-electron chi connectivity index (χ4n) is 11.7. The van der Waals surface area contributed by atoms with Gasteiger partial charge in [0.25, 0.3) is 7.82 Å². The summed E-state index contributed by atoms with van der Waals surface area (Å²) in [6.07, 6.45) is 89.7. The summed E-state index contributed by atoms with van der Waals surface area (Å²) >= 11 is 0. The van der Waals surface area contributed by atoms with Gasteiger partial charge in [0, 0.05) is 12.8 Å². The van der Waals surface area contributed by atoms with Gasteiger partial charge in [-0.3, -0.25) is 14.2 Å². The zero-order chi connectivity index (χ0) is 64.1. The second-order valence-electron chi connectivity index (χ2n) is 27.7. The van der Waals surface area contributed by atoms with Gasteiger partial charge in [-0.05, 0) is 70.6 Å². The summed E-state index contributed by atoms with van der Waals surface area (Å²) < 4.78 is 34.4. The number of hydrogen-bond acceptors (Lipinski definition) is 8. The van der Waals surface area contributed by atoms with Crippen LogP contribution in [-0.4, -0.2) is 70.0 Å². The van der Waals surface area contributed by atoms with Gasteiger partial charge in [-0.15, -0.1) is 0 Å². The molecule has 0 bridgehead atoms. The Labute approximate surface area is 548 Å². The molecule has 0 radical (unpaired) electrons. The Morgan fingerprint density at radius 3 is 0.909 bits per heavy atom. The highest BCUT2D eigenvalue weighted by Gasteiger charge is 2.22. The fourth-order valence-corrected chi connectivity index (χ4v) is 12.4. The number of carbonyl (C=O) groups excluding carboxylic acids is 2. The first-order valence-corrected chi connectivity index (χ1v) is 40.2. The first-order valence-electron chi connectivity index (χ1n) is 38.7. The van der Waals surface area contributed by atoms with Gasteiger partial charge in [0.2, 0.25) is 0 Å². The summed E-state index contributed by atoms with van der Waals surface area (Å²) in [5, 5.41) is 0. The lowest BCUT2D eigenvalue weighted by atomic mass is 10.0. The van der Waals surface area contributed by atoms with Crippen molar-refractivity contribution in [1.29, 1.82) is 0 Å². The smallest absolute Gasteiger partial charge is 0.306 e. The molecular weight excluding hydrogens is 1110 g/mol. The van der Waals surface area contributed by atoms with Gasteiger partial charge >= 0.3 is 11.9 Å². The van der Waals surface area contributed by atoms with Crippen LogP contribution < -0.4 is 4.89 Å². The van der Waals surface area contributed by atoms with E-state index in [1.807, 2.05) is 21.1 Å². The number of hydrogen-bond donors (Lipinski definition) is 0. The molecule has 0 spiro atoms. The highest BCUT2D eigenvalue weighted by atomic mass is 31.2. The number of quaternary nitrogens is 1. The maximum absolute atomic E-state index is 12.9. The molecule has 9 nitrogen and oxygen atoms in total. The quantitative estimate of drug-likeness (QED) is 0.0195. The summed E-state index contributed by atoms with van der Waals surface area (Å²) in [5.74, 6) is -0.808. The van der Waals surface area contributed by atoms with E-state index >= 15 is 0 Å². The Kier molecular flexibility index (Phi) is 68.2. The number of rotatable bonds is 73. The van der Waals surface area contributed by atoms with Crippen LogP contribution >= 0.6 is 7.82 Å². The predicted octanol–water partition coefficient (Wildman–Crippen LogP) is 24.8. The van der Waals surface area contributed by atoms with E-state index in [0.29, 0.717) is 17.4 Å². The van der Waals surface area contributed by atoms with Crippen LogP contribution in [0.15, 0.2) is 36.5 Å². The zero-order valence-corrected chi connectivity index (χ0v) is 60.4. The van der Waals surface area contributed by atoms with E-state index in [1.54, 1.807) is 0 Å². The zero-order valence-electron chi connectivity index (χ0n) is 59.5. The molecule has 0 saturated carbocycles. The first kappa shape index (κ1) is 86.2. The normalized spacial score (nSPS) is 13.2. The van der Waals surface area contributed by atoms with E-state index in [2.05, 4.69) is 50.3 Å². The number of allylic oxidation sites excluding steroid dienone is 6. The molecule has 0 aromatic rings. The number of unbranched alkanes of at least 4 members (excludes halogenated alkanes) is 53. The summed E-state index contributed by atoms with van der Waals surface area (Å²) in [7, 11) is 1.19. The molecule has 0 aliphatic heterocycles. The van der Waals surface area contributed by atoms with Crippen molar-refractivity contribution in [2.45, 2.75) is 405 Å². The van der Waals surface area contributed by atoms with Crippen molar-refractivity contribution < 1.29 is 42.1 Å². The third-order valence-electron chi connectivity index (χ3n) is 17.6. The molecule has 10 heteroatoms. The molecule has 0 fully saturated rings. The molecule has 0 rings (SSSR count). The summed E-state index contributed by atoms with van der Waals surface area (Å²) in [6, 6.07) is 0. The molecule has 2 atom stereocenters. The van der Waals surface area contributed by atoms with Crippen LogP contribution in [0.4, 0.5) is 0 Å². The second-order valence-corrected chi connectivity index (χ2v) is 29.1. The van der Waals surface area contributed by atoms with E-state index < -0.39 is 26.5 Å². The largest absolute Gasteiger partial charge is 0.756 e. The molecule has 0 aliphatic carbocycles. The Hall–Kier alpha value is -1.77. The average molecular weight is 1260 g/mol. The minimum atomic E-state index is -4.64. The molecule has 0 aromatic carbocycles. The molecule has 0 N–H and O–H groups in total. The Morgan fingerprint density at radius 2 is 0.614 bits per heavy atom. The highest BCUT2D eigenvalue weighted by molar-refractivity contribution is 7.45. The predicted molar refractivity (Wildman–Crippen MR) is 379 cm³/mol. The van der Waals surface area contributed by atoms with Crippen LogP contribution in [0.5, 0.6) is 0 Å². The first-order chi connectivity index (χ1) is 43.0. The fraction of sp³-hybridized carbons (Fsp3) is 0.897. The summed E-state index contributed by atoms with van der Waals surface area (Å²) in [6.45, 7) is 4.31. The third kappa shape index (κ3) is 73.3.